The molecule has 0 radical (unpaired) electrons. The maximum atomic E-state index is 13.1. The van der Waals surface area contributed by atoms with Crippen LogP contribution in [0.5, 0.6) is 0 Å². The van der Waals surface area contributed by atoms with Crippen LogP contribution in [0.1, 0.15) is 354 Å². The van der Waals surface area contributed by atoms with E-state index in [0.717, 1.165) is 57.8 Å². The third-order valence-corrected chi connectivity index (χ3v) is 17.6. The van der Waals surface area contributed by atoms with Gasteiger partial charge in [0.15, 0.2) is 0 Å². The Morgan fingerprint density at radius 1 is 0.400 bits per heavy atom. The summed E-state index contributed by atoms with van der Waals surface area (Å²) in [4.78, 5) is 23.4. The molecule has 0 aromatic carbocycles. The number of quaternary nitrogens is 1. The number of aliphatic hydroxyl groups excluding tert-OH is 1. The quantitative estimate of drug-likeness (QED) is 0.0243. The molecule has 0 spiro atoms. The number of aliphatic hydroxyl groups is 1. The van der Waals surface area contributed by atoms with Crippen LogP contribution < -0.4 is 5.32 Å². The first kappa shape index (κ1) is 82.9. The number of nitrogens with zero attached hydrogens (tertiary/aromatic N) is 1. The van der Waals surface area contributed by atoms with Crippen LogP contribution >= 0.6 is 7.82 Å². The normalized spacial score (nSPS) is 14.0. The van der Waals surface area contributed by atoms with Crippen LogP contribution in [0, 0.1) is 0 Å². The van der Waals surface area contributed by atoms with Gasteiger partial charge in [-0.2, -0.15) is 0 Å². The predicted octanol–water partition coefficient (Wildman–Crippen LogP) is 23.7. The van der Waals surface area contributed by atoms with Crippen molar-refractivity contribution < 1.29 is 32.9 Å². The van der Waals surface area contributed by atoms with Gasteiger partial charge in [-0.3, -0.25) is 13.8 Å². The molecule has 0 heterocycles. The zero-order valence-corrected chi connectivity index (χ0v) is 58.0. The van der Waals surface area contributed by atoms with E-state index < -0.39 is 20.0 Å². The zero-order chi connectivity index (χ0) is 61.9. The van der Waals surface area contributed by atoms with Crippen LogP contribution in [0.4, 0.5) is 0 Å². The lowest BCUT2D eigenvalue weighted by molar-refractivity contribution is -0.870. The number of phosphoric acid groups is 1. The van der Waals surface area contributed by atoms with E-state index in [9.17, 15) is 19.4 Å². The number of carbonyl (C=O) groups excluding carboxylic acids is 1. The largest absolute Gasteiger partial charge is 0.472 e. The Kier molecular flexibility index (Phi) is 64.8. The Labute approximate surface area is 529 Å². The number of hydrogen-bond donors (Lipinski definition) is 3. The number of hydrogen-bond acceptors (Lipinski definition) is 5. The fourth-order valence-corrected chi connectivity index (χ4v) is 11.6. The minimum absolute atomic E-state index is 0.0534. The summed E-state index contributed by atoms with van der Waals surface area (Å²) in [5, 5.41) is 14.0. The predicted molar refractivity (Wildman–Crippen MR) is 373 cm³/mol. The number of unbranched alkanes of at least 4 members (excludes halogenated alkanes) is 45. The van der Waals surface area contributed by atoms with E-state index in [0.29, 0.717) is 17.4 Å². The Balaban J connectivity index is 4.01. The number of allylic oxidation sites excluding steroid dienone is 11. The van der Waals surface area contributed by atoms with Gasteiger partial charge in [0.2, 0.25) is 5.91 Å². The molecule has 0 bridgehead atoms. The van der Waals surface area contributed by atoms with E-state index in [2.05, 4.69) is 79.9 Å². The third-order valence-electron chi connectivity index (χ3n) is 16.6. The van der Waals surface area contributed by atoms with E-state index in [1.54, 1.807) is 6.08 Å². The molecule has 85 heavy (non-hydrogen) atoms. The summed E-state index contributed by atoms with van der Waals surface area (Å²) in [7, 11) is 1.56. The van der Waals surface area contributed by atoms with E-state index in [4.69, 9.17) is 9.05 Å². The SMILES string of the molecule is CCCCCCC/C=C\C/C=C\C/C=C\CCCCCCCCCCCCCCCCCCCCCCCCCCC(=O)NC(COP(=O)(O)OCC[N+](C)(C)C)C(O)/C=C/CC/C=C/CC/C=C/CCCCCCCCCCCCCCCC. The van der Waals surface area contributed by atoms with Crippen LogP contribution in [0.15, 0.2) is 72.9 Å². The van der Waals surface area contributed by atoms with Crippen molar-refractivity contribution in [3.63, 3.8) is 0 Å². The van der Waals surface area contributed by atoms with Gasteiger partial charge in [0.1, 0.15) is 13.2 Å². The van der Waals surface area contributed by atoms with Gasteiger partial charge in [-0.15, -0.1) is 0 Å². The second-order valence-electron chi connectivity index (χ2n) is 26.3. The lowest BCUT2D eigenvalue weighted by Gasteiger charge is -2.25. The highest BCUT2D eigenvalue weighted by Gasteiger charge is 2.28. The first-order valence-electron chi connectivity index (χ1n) is 36.8. The molecule has 0 aliphatic rings. The highest BCUT2D eigenvalue weighted by Crippen LogP contribution is 2.43. The summed E-state index contributed by atoms with van der Waals surface area (Å²) >= 11 is 0. The summed E-state index contributed by atoms with van der Waals surface area (Å²) in [6, 6.07) is -0.872. The molecule has 0 aromatic rings. The molecule has 8 nitrogen and oxygen atoms in total. The molecule has 9 heteroatoms. The summed E-state index contributed by atoms with van der Waals surface area (Å²) < 4.78 is 23.8. The Hall–Kier alpha value is -2.06. The zero-order valence-electron chi connectivity index (χ0n) is 57.1. The lowest BCUT2D eigenvalue weighted by atomic mass is 10.0. The average Bonchev–Trinajstić information content (AvgIpc) is 3.49. The van der Waals surface area contributed by atoms with Crippen LogP contribution in [0.3, 0.4) is 0 Å². The minimum atomic E-state index is -4.37. The van der Waals surface area contributed by atoms with Gasteiger partial charge in [-0.25, -0.2) is 4.57 Å². The Morgan fingerprint density at radius 3 is 1.02 bits per heavy atom. The first-order valence-corrected chi connectivity index (χ1v) is 38.3. The van der Waals surface area contributed by atoms with Crippen molar-refractivity contribution in [2.45, 2.75) is 366 Å². The van der Waals surface area contributed by atoms with Crippen molar-refractivity contribution in [2.75, 3.05) is 40.9 Å². The van der Waals surface area contributed by atoms with Gasteiger partial charge in [-0.1, -0.05) is 337 Å². The molecule has 498 valence electrons. The van der Waals surface area contributed by atoms with Crippen molar-refractivity contribution in [2.24, 2.45) is 0 Å². The maximum absolute atomic E-state index is 13.1. The number of nitrogens with one attached hydrogen (secondary N) is 1. The molecule has 0 fully saturated rings. The van der Waals surface area contributed by atoms with Crippen LogP contribution in [-0.2, 0) is 18.4 Å². The average molecular weight is 1210 g/mol. The van der Waals surface area contributed by atoms with E-state index in [1.807, 2.05) is 27.2 Å². The molecule has 0 aliphatic heterocycles. The molecule has 0 aliphatic carbocycles. The third kappa shape index (κ3) is 69.3. The van der Waals surface area contributed by atoms with Gasteiger partial charge in [0, 0.05) is 6.42 Å². The van der Waals surface area contributed by atoms with Gasteiger partial charge < -0.3 is 19.8 Å². The van der Waals surface area contributed by atoms with E-state index in [-0.39, 0.29) is 19.1 Å². The van der Waals surface area contributed by atoms with E-state index >= 15 is 0 Å². The Morgan fingerprint density at radius 2 is 0.682 bits per heavy atom. The summed E-state index contributed by atoms with van der Waals surface area (Å²) in [6.45, 7) is 4.82. The molecule has 0 saturated carbocycles. The van der Waals surface area contributed by atoms with Crippen molar-refractivity contribution >= 4 is 13.7 Å². The smallest absolute Gasteiger partial charge is 0.387 e. The summed E-state index contributed by atoms with van der Waals surface area (Å²) in [5.74, 6) is -0.186. The Bertz CT molecular complexity index is 1620. The molecule has 3 N–H and O–H groups in total. The molecular formula is C76H144N2O6P+. The molecule has 1 amide bonds. The minimum Gasteiger partial charge on any atom is -0.387 e. The second-order valence-corrected chi connectivity index (χ2v) is 27.8. The molecule has 0 aromatic heterocycles. The monoisotopic (exact) mass is 1210 g/mol. The van der Waals surface area contributed by atoms with Crippen LogP contribution in [-0.4, -0.2) is 73.4 Å². The van der Waals surface area contributed by atoms with Crippen molar-refractivity contribution in [3.8, 4) is 0 Å². The molecular weight excluding hydrogens is 1070 g/mol. The number of phosphoric ester groups is 1. The number of carbonyl (C=O) groups is 1. The maximum Gasteiger partial charge on any atom is 0.472 e. The number of rotatable bonds is 68. The number of likely N-dealkylation sites (N-methyl/N-ethyl adjacent to an activating group) is 1. The topological polar surface area (TPSA) is 105 Å². The molecule has 3 unspecified atom stereocenters. The highest BCUT2D eigenvalue weighted by atomic mass is 31.2. The molecule has 0 saturated heterocycles. The fraction of sp³-hybridized carbons (Fsp3) is 0.829. The lowest BCUT2D eigenvalue weighted by Crippen LogP contribution is -2.45. The second kappa shape index (κ2) is 66.4. The van der Waals surface area contributed by atoms with Gasteiger partial charge in [0.05, 0.1) is 39.9 Å². The van der Waals surface area contributed by atoms with Crippen molar-refractivity contribution in [1.82, 2.24) is 5.32 Å². The molecule has 0 rings (SSSR count). The van der Waals surface area contributed by atoms with Crippen LogP contribution in [0.2, 0.25) is 0 Å². The summed E-state index contributed by atoms with van der Waals surface area (Å²) in [6.07, 6.45) is 93.6. The molecule has 3 atom stereocenters. The first-order chi connectivity index (χ1) is 41.5. The highest BCUT2D eigenvalue weighted by molar-refractivity contribution is 7.47. The van der Waals surface area contributed by atoms with Crippen molar-refractivity contribution in [1.29, 1.82) is 0 Å². The summed E-state index contributed by atoms with van der Waals surface area (Å²) in [5.41, 5.74) is 0. The van der Waals surface area contributed by atoms with Crippen molar-refractivity contribution in [3.05, 3.63) is 72.9 Å². The van der Waals surface area contributed by atoms with Crippen LogP contribution in [0.25, 0.3) is 0 Å². The standard InChI is InChI=1S/C76H143N2O6P/c1-6-8-10-12-14-16-18-20-22-24-26-28-30-32-33-34-35-36-37-38-39-40-41-42-43-44-45-46-48-50-52-54-56-58-60-62-64-66-68-70-76(80)77-74(73-84-85(81,82)83-72-71-78(3,4)5)75(79)69-67-65-63-61-59-57-55-53-51-49-47-31-29-27-25-23-21-19-17-15-13-11-9-7-2/h18,20,24,26,30,32,51,53,59,61,67,69,74-75,79H,6-17,19,21-23,25,27-29,31,33-50,52,54-58,60,62-66,68,70-73H2,1-5H3,(H-,77,80,81,82)/p+1/b20-18-,26-24-,32-30-,53-51+,61-59+,69-67+. The van der Waals surface area contributed by atoms with E-state index in [1.165, 1.54) is 276 Å². The van der Waals surface area contributed by atoms with Gasteiger partial charge >= 0.3 is 7.82 Å². The fourth-order valence-electron chi connectivity index (χ4n) is 10.9. The van der Waals surface area contributed by atoms with Gasteiger partial charge in [-0.05, 0) is 83.5 Å². The number of amides is 1. The van der Waals surface area contributed by atoms with Gasteiger partial charge in [0.25, 0.3) is 0 Å².